The molecule has 0 bridgehead atoms. The first kappa shape index (κ1) is 12.0. The number of methoxy groups -OCH3 is 1. The summed E-state index contributed by atoms with van der Waals surface area (Å²) in [5, 5.41) is 4.08. The standard InChI is InChI=1S/C13H12N2O3/c1-18-13(17)9-12(16)10-3-5-11(6-4-10)15-8-2-7-14-15/h2-8H,9H2,1H3. The molecule has 18 heavy (non-hydrogen) atoms. The van der Waals surface area contributed by atoms with Crippen LogP contribution in [0.2, 0.25) is 0 Å². The zero-order chi connectivity index (χ0) is 13.0. The molecule has 0 radical (unpaired) electrons. The van der Waals surface area contributed by atoms with Crippen LogP contribution in [0, 0.1) is 0 Å². The normalized spacial score (nSPS) is 10.1. The molecule has 0 aliphatic carbocycles. The lowest BCUT2D eigenvalue weighted by molar-refractivity contribution is -0.139. The number of ketones is 1. The highest BCUT2D eigenvalue weighted by atomic mass is 16.5. The minimum atomic E-state index is -0.531. The number of aromatic nitrogens is 2. The lowest BCUT2D eigenvalue weighted by Crippen LogP contribution is -2.09. The van der Waals surface area contributed by atoms with Crippen molar-refractivity contribution in [1.82, 2.24) is 9.78 Å². The van der Waals surface area contributed by atoms with Crippen molar-refractivity contribution in [3.05, 3.63) is 48.3 Å². The van der Waals surface area contributed by atoms with Gasteiger partial charge in [0.25, 0.3) is 0 Å². The Bertz CT molecular complexity index is 544. The van der Waals surface area contributed by atoms with Crippen molar-refractivity contribution >= 4 is 11.8 Å². The van der Waals surface area contributed by atoms with E-state index in [9.17, 15) is 9.59 Å². The molecule has 0 aliphatic heterocycles. The summed E-state index contributed by atoms with van der Waals surface area (Å²) in [5.74, 6) is -0.787. The van der Waals surface area contributed by atoms with Crippen molar-refractivity contribution in [2.24, 2.45) is 0 Å². The zero-order valence-electron chi connectivity index (χ0n) is 9.87. The molecule has 0 aliphatic rings. The van der Waals surface area contributed by atoms with Crippen LogP contribution in [-0.2, 0) is 9.53 Å². The molecule has 5 nitrogen and oxygen atoms in total. The molecule has 92 valence electrons. The molecule has 0 spiro atoms. The number of hydrogen-bond donors (Lipinski definition) is 0. The first-order chi connectivity index (χ1) is 8.70. The fourth-order valence-corrected chi connectivity index (χ4v) is 1.53. The molecule has 0 unspecified atom stereocenters. The van der Waals surface area contributed by atoms with Gasteiger partial charge in [0.05, 0.1) is 12.8 Å². The van der Waals surface area contributed by atoms with E-state index in [0.717, 1.165) is 5.69 Å². The Balaban J connectivity index is 2.13. The molecule has 2 rings (SSSR count). The van der Waals surface area contributed by atoms with Crippen LogP contribution in [0.5, 0.6) is 0 Å². The van der Waals surface area contributed by atoms with Gasteiger partial charge in [-0.3, -0.25) is 9.59 Å². The Hall–Kier alpha value is -2.43. The predicted molar refractivity (Wildman–Crippen MR) is 64.5 cm³/mol. The number of rotatable bonds is 4. The van der Waals surface area contributed by atoms with Crippen molar-refractivity contribution in [2.75, 3.05) is 7.11 Å². The second kappa shape index (κ2) is 5.27. The summed E-state index contributed by atoms with van der Waals surface area (Å²) in [6, 6.07) is 8.70. The van der Waals surface area contributed by atoms with Gasteiger partial charge in [0.15, 0.2) is 5.78 Å². The summed E-state index contributed by atoms with van der Waals surface area (Å²) >= 11 is 0. The summed E-state index contributed by atoms with van der Waals surface area (Å²) in [6.07, 6.45) is 3.25. The van der Waals surface area contributed by atoms with E-state index in [4.69, 9.17) is 0 Å². The molecule has 0 atom stereocenters. The molecular formula is C13H12N2O3. The molecule has 0 N–H and O–H groups in total. The number of nitrogens with zero attached hydrogens (tertiary/aromatic N) is 2. The quantitative estimate of drug-likeness (QED) is 0.466. The van der Waals surface area contributed by atoms with Crippen LogP contribution in [0.4, 0.5) is 0 Å². The van der Waals surface area contributed by atoms with Gasteiger partial charge in [0.2, 0.25) is 0 Å². The average Bonchev–Trinajstić information content (AvgIpc) is 2.92. The Kier molecular flexibility index (Phi) is 3.52. The molecule has 0 amide bonds. The Morgan fingerprint density at radius 3 is 2.56 bits per heavy atom. The van der Waals surface area contributed by atoms with E-state index >= 15 is 0 Å². The van der Waals surface area contributed by atoms with E-state index in [1.165, 1.54) is 7.11 Å². The van der Waals surface area contributed by atoms with Crippen molar-refractivity contribution in [2.45, 2.75) is 6.42 Å². The molecule has 1 aromatic carbocycles. The third kappa shape index (κ3) is 2.63. The summed E-state index contributed by atoms with van der Waals surface area (Å²) in [6.45, 7) is 0. The van der Waals surface area contributed by atoms with Gasteiger partial charge in [-0.05, 0) is 30.3 Å². The molecule has 0 fully saturated rings. The van der Waals surface area contributed by atoms with Gasteiger partial charge in [-0.15, -0.1) is 0 Å². The SMILES string of the molecule is COC(=O)CC(=O)c1ccc(-n2cccn2)cc1. The molecule has 1 heterocycles. The van der Waals surface area contributed by atoms with E-state index in [0.29, 0.717) is 5.56 Å². The first-order valence-electron chi connectivity index (χ1n) is 5.41. The maximum atomic E-state index is 11.7. The maximum Gasteiger partial charge on any atom is 0.313 e. The van der Waals surface area contributed by atoms with Gasteiger partial charge in [-0.1, -0.05) is 0 Å². The third-order valence-corrected chi connectivity index (χ3v) is 2.49. The number of carbonyl (C=O) groups is 2. The lowest BCUT2D eigenvalue weighted by atomic mass is 10.1. The number of ether oxygens (including phenoxy) is 1. The minimum Gasteiger partial charge on any atom is -0.469 e. The van der Waals surface area contributed by atoms with Gasteiger partial charge in [-0.25, -0.2) is 4.68 Å². The number of hydrogen-bond acceptors (Lipinski definition) is 4. The maximum absolute atomic E-state index is 11.7. The molecule has 1 aromatic heterocycles. The number of esters is 1. The van der Waals surface area contributed by atoms with Gasteiger partial charge in [0, 0.05) is 18.0 Å². The molecule has 2 aromatic rings. The summed E-state index contributed by atoms with van der Waals surface area (Å²) in [5.41, 5.74) is 1.34. The highest BCUT2D eigenvalue weighted by molar-refractivity contribution is 6.05. The number of benzene rings is 1. The summed E-state index contributed by atoms with van der Waals surface area (Å²) < 4.78 is 6.14. The van der Waals surface area contributed by atoms with Gasteiger partial charge < -0.3 is 4.74 Å². The highest BCUT2D eigenvalue weighted by Crippen LogP contribution is 2.10. The Labute approximate surface area is 104 Å². The van der Waals surface area contributed by atoms with Crippen molar-refractivity contribution in [3.8, 4) is 5.69 Å². The molecule has 0 saturated carbocycles. The van der Waals surface area contributed by atoms with Crippen LogP contribution in [0.1, 0.15) is 16.8 Å². The number of Topliss-reactive ketones (excluding diaryl/α,β-unsaturated/α-hetero) is 1. The van der Waals surface area contributed by atoms with Crippen LogP contribution < -0.4 is 0 Å². The van der Waals surface area contributed by atoms with Crippen LogP contribution in [0.3, 0.4) is 0 Å². The fraction of sp³-hybridized carbons (Fsp3) is 0.154. The minimum absolute atomic E-state index is 0.238. The number of carbonyl (C=O) groups excluding carboxylic acids is 2. The first-order valence-corrected chi connectivity index (χ1v) is 5.41. The molecule has 0 saturated heterocycles. The largest absolute Gasteiger partial charge is 0.469 e. The summed E-state index contributed by atoms with van der Waals surface area (Å²) in [7, 11) is 1.26. The monoisotopic (exact) mass is 244 g/mol. The van der Waals surface area contributed by atoms with E-state index in [2.05, 4.69) is 9.84 Å². The second-order valence-corrected chi connectivity index (χ2v) is 3.67. The fourth-order valence-electron chi connectivity index (χ4n) is 1.53. The third-order valence-electron chi connectivity index (χ3n) is 2.49. The van der Waals surface area contributed by atoms with Crippen LogP contribution in [0.15, 0.2) is 42.7 Å². The lowest BCUT2D eigenvalue weighted by Gasteiger charge is -2.03. The van der Waals surface area contributed by atoms with Crippen LogP contribution in [-0.4, -0.2) is 28.6 Å². The van der Waals surface area contributed by atoms with E-state index in [1.807, 2.05) is 12.3 Å². The van der Waals surface area contributed by atoms with Crippen LogP contribution in [0.25, 0.3) is 5.69 Å². The van der Waals surface area contributed by atoms with Crippen molar-refractivity contribution in [3.63, 3.8) is 0 Å². The van der Waals surface area contributed by atoms with E-state index in [1.54, 1.807) is 35.1 Å². The Morgan fingerprint density at radius 1 is 1.28 bits per heavy atom. The van der Waals surface area contributed by atoms with Crippen molar-refractivity contribution in [1.29, 1.82) is 0 Å². The molecule has 5 heteroatoms. The molecular weight excluding hydrogens is 232 g/mol. The smallest absolute Gasteiger partial charge is 0.313 e. The summed E-state index contributed by atoms with van der Waals surface area (Å²) in [4.78, 5) is 22.7. The Morgan fingerprint density at radius 2 is 2.00 bits per heavy atom. The van der Waals surface area contributed by atoms with Gasteiger partial charge >= 0.3 is 5.97 Å². The van der Waals surface area contributed by atoms with E-state index < -0.39 is 5.97 Å². The van der Waals surface area contributed by atoms with Gasteiger partial charge in [-0.2, -0.15) is 5.10 Å². The van der Waals surface area contributed by atoms with Gasteiger partial charge in [0.1, 0.15) is 6.42 Å². The van der Waals surface area contributed by atoms with Crippen LogP contribution >= 0.6 is 0 Å². The zero-order valence-corrected chi connectivity index (χ0v) is 9.87. The topological polar surface area (TPSA) is 61.2 Å². The average molecular weight is 244 g/mol. The predicted octanol–water partition coefficient (Wildman–Crippen LogP) is 1.62. The second-order valence-electron chi connectivity index (χ2n) is 3.67. The van der Waals surface area contributed by atoms with E-state index in [-0.39, 0.29) is 12.2 Å². The van der Waals surface area contributed by atoms with Crippen molar-refractivity contribution < 1.29 is 14.3 Å². The highest BCUT2D eigenvalue weighted by Gasteiger charge is 2.11.